The van der Waals surface area contributed by atoms with Crippen molar-refractivity contribution in [1.29, 1.82) is 0 Å². The van der Waals surface area contributed by atoms with E-state index in [1.54, 1.807) is 19.0 Å². The van der Waals surface area contributed by atoms with Gasteiger partial charge in [0.1, 0.15) is 0 Å². The number of hydrogen-bond acceptors (Lipinski definition) is 2. The number of ketones is 1. The van der Waals surface area contributed by atoms with Gasteiger partial charge in [-0.3, -0.25) is 9.59 Å². The van der Waals surface area contributed by atoms with Crippen molar-refractivity contribution in [1.82, 2.24) is 4.90 Å². The summed E-state index contributed by atoms with van der Waals surface area (Å²) in [6, 6.07) is 7.54. The summed E-state index contributed by atoms with van der Waals surface area (Å²) in [6.45, 7) is 1.99. The van der Waals surface area contributed by atoms with Crippen LogP contribution in [0.15, 0.2) is 24.3 Å². The van der Waals surface area contributed by atoms with Crippen molar-refractivity contribution >= 4 is 11.7 Å². The monoisotopic (exact) mass is 233 g/mol. The fraction of sp³-hybridized carbons (Fsp3) is 0.429. The second-order valence-electron chi connectivity index (χ2n) is 4.43. The fourth-order valence-corrected chi connectivity index (χ4v) is 1.51. The number of amides is 1. The summed E-state index contributed by atoms with van der Waals surface area (Å²) in [5, 5.41) is 0. The van der Waals surface area contributed by atoms with Gasteiger partial charge in [-0.2, -0.15) is 0 Å². The molecule has 17 heavy (non-hydrogen) atoms. The maximum atomic E-state index is 11.8. The number of Topliss-reactive ketones (excluding diaryl/α,β-unsaturated/α-hetero) is 1. The van der Waals surface area contributed by atoms with E-state index in [1.807, 2.05) is 31.2 Å². The van der Waals surface area contributed by atoms with Crippen molar-refractivity contribution in [2.24, 2.45) is 0 Å². The summed E-state index contributed by atoms with van der Waals surface area (Å²) in [5.74, 6) is 0.179. The van der Waals surface area contributed by atoms with E-state index in [-0.39, 0.29) is 11.7 Å². The Morgan fingerprint density at radius 2 is 1.65 bits per heavy atom. The standard InChI is InChI=1S/C14H19NO2/c1-11-7-9-12(10-8-11)13(16)5-4-6-14(17)15(2)3/h7-10H,4-6H2,1-3H3. The molecule has 0 bridgehead atoms. The minimum atomic E-state index is 0.0710. The number of nitrogens with zero attached hydrogens (tertiary/aromatic N) is 1. The quantitative estimate of drug-likeness (QED) is 0.732. The molecule has 0 radical (unpaired) electrons. The summed E-state index contributed by atoms with van der Waals surface area (Å²) < 4.78 is 0. The second-order valence-corrected chi connectivity index (χ2v) is 4.43. The Bertz CT molecular complexity index is 393. The van der Waals surface area contributed by atoms with E-state index in [0.717, 1.165) is 11.1 Å². The lowest BCUT2D eigenvalue weighted by atomic mass is 10.0. The molecule has 3 nitrogen and oxygen atoms in total. The lowest BCUT2D eigenvalue weighted by Gasteiger charge is -2.09. The normalized spacial score (nSPS) is 10.1. The molecule has 0 aliphatic carbocycles. The zero-order valence-corrected chi connectivity index (χ0v) is 10.7. The van der Waals surface area contributed by atoms with Crippen LogP contribution in [0.25, 0.3) is 0 Å². The highest BCUT2D eigenvalue weighted by Gasteiger charge is 2.08. The molecule has 3 heteroatoms. The largest absolute Gasteiger partial charge is 0.349 e. The molecule has 0 unspecified atom stereocenters. The first-order chi connectivity index (χ1) is 8.00. The highest BCUT2D eigenvalue weighted by atomic mass is 16.2. The zero-order valence-electron chi connectivity index (χ0n) is 10.7. The molecule has 1 rings (SSSR count). The average molecular weight is 233 g/mol. The number of aryl methyl sites for hydroxylation is 1. The number of hydrogen-bond donors (Lipinski definition) is 0. The van der Waals surface area contributed by atoms with Crippen LogP contribution in [0.5, 0.6) is 0 Å². The molecule has 0 atom stereocenters. The lowest BCUT2D eigenvalue weighted by molar-refractivity contribution is -0.128. The number of carbonyl (C=O) groups excluding carboxylic acids is 2. The van der Waals surface area contributed by atoms with Crippen molar-refractivity contribution in [3.05, 3.63) is 35.4 Å². The highest BCUT2D eigenvalue weighted by Crippen LogP contribution is 2.09. The Balaban J connectivity index is 2.40. The van der Waals surface area contributed by atoms with E-state index < -0.39 is 0 Å². The van der Waals surface area contributed by atoms with Crippen LogP contribution in [0.1, 0.15) is 35.2 Å². The number of carbonyl (C=O) groups is 2. The molecule has 0 spiro atoms. The maximum absolute atomic E-state index is 11.8. The summed E-state index contributed by atoms with van der Waals surface area (Å²) in [5.41, 5.74) is 1.87. The first kappa shape index (κ1) is 13.4. The van der Waals surface area contributed by atoms with Crippen LogP contribution in [-0.2, 0) is 4.79 Å². The molecule has 92 valence electrons. The third kappa shape index (κ3) is 4.39. The van der Waals surface area contributed by atoms with Gasteiger partial charge >= 0.3 is 0 Å². The lowest BCUT2D eigenvalue weighted by Crippen LogP contribution is -2.21. The van der Waals surface area contributed by atoms with Gasteiger partial charge < -0.3 is 4.90 Å². The molecule has 1 aromatic carbocycles. The van der Waals surface area contributed by atoms with Crippen LogP contribution < -0.4 is 0 Å². The molecule has 1 amide bonds. The van der Waals surface area contributed by atoms with Crippen LogP contribution in [0.3, 0.4) is 0 Å². The number of rotatable bonds is 5. The van der Waals surface area contributed by atoms with Crippen molar-refractivity contribution in [3.8, 4) is 0 Å². The summed E-state index contributed by atoms with van der Waals surface area (Å²) >= 11 is 0. The predicted molar refractivity (Wildman–Crippen MR) is 68.1 cm³/mol. The zero-order chi connectivity index (χ0) is 12.8. The van der Waals surface area contributed by atoms with E-state index in [0.29, 0.717) is 19.3 Å². The molecule has 0 aliphatic heterocycles. The van der Waals surface area contributed by atoms with Gasteiger partial charge in [0.2, 0.25) is 5.91 Å². The molecule has 0 N–H and O–H groups in total. The van der Waals surface area contributed by atoms with Gasteiger partial charge in [0.25, 0.3) is 0 Å². The Hall–Kier alpha value is -1.64. The second kappa shape index (κ2) is 6.18. The van der Waals surface area contributed by atoms with Gasteiger partial charge in [0, 0.05) is 32.5 Å². The fourth-order valence-electron chi connectivity index (χ4n) is 1.51. The molecule has 0 saturated carbocycles. The van der Waals surface area contributed by atoms with Crippen LogP contribution >= 0.6 is 0 Å². The SMILES string of the molecule is Cc1ccc(C(=O)CCCC(=O)N(C)C)cc1. The first-order valence-corrected chi connectivity index (χ1v) is 5.80. The van der Waals surface area contributed by atoms with E-state index in [1.165, 1.54) is 0 Å². The van der Waals surface area contributed by atoms with Gasteiger partial charge in [-0.1, -0.05) is 29.8 Å². The highest BCUT2D eigenvalue weighted by molar-refractivity contribution is 5.96. The molecule has 0 saturated heterocycles. The summed E-state index contributed by atoms with van der Waals surface area (Å²) in [4.78, 5) is 24.7. The minimum absolute atomic E-state index is 0.0710. The first-order valence-electron chi connectivity index (χ1n) is 5.80. The summed E-state index contributed by atoms with van der Waals surface area (Å²) in [6.07, 6.45) is 1.48. The Morgan fingerprint density at radius 1 is 1.06 bits per heavy atom. The van der Waals surface area contributed by atoms with E-state index >= 15 is 0 Å². The van der Waals surface area contributed by atoms with Crippen molar-refractivity contribution < 1.29 is 9.59 Å². The van der Waals surface area contributed by atoms with E-state index in [4.69, 9.17) is 0 Å². The van der Waals surface area contributed by atoms with Crippen LogP contribution in [-0.4, -0.2) is 30.7 Å². The third-order valence-corrected chi connectivity index (χ3v) is 2.67. The predicted octanol–water partition coefficient (Wildman–Crippen LogP) is 2.44. The Labute approximate surface area is 102 Å². The van der Waals surface area contributed by atoms with E-state index in [2.05, 4.69) is 0 Å². The van der Waals surface area contributed by atoms with Gasteiger partial charge in [0.05, 0.1) is 0 Å². The number of benzene rings is 1. The van der Waals surface area contributed by atoms with Crippen molar-refractivity contribution in [2.75, 3.05) is 14.1 Å². The van der Waals surface area contributed by atoms with Gasteiger partial charge in [-0.15, -0.1) is 0 Å². The molecule has 0 aromatic heterocycles. The Kier molecular flexibility index (Phi) is 4.88. The van der Waals surface area contributed by atoms with Crippen LogP contribution in [0, 0.1) is 6.92 Å². The molecular formula is C14H19NO2. The topological polar surface area (TPSA) is 37.4 Å². The van der Waals surface area contributed by atoms with Crippen molar-refractivity contribution in [2.45, 2.75) is 26.2 Å². The average Bonchev–Trinajstić information content (AvgIpc) is 2.29. The van der Waals surface area contributed by atoms with Crippen LogP contribution in [0.4, 0.5) is 0 Å². The van der Waals surface area contributed by atoms with Crippen LogP contribution in [0.2, 0.25) is 0 Å². The molecule has 0 heterocycles. The van der Waals surface area contributed by atoms with Gasteiger partial charge in [0.15, 0.2) is 5.78 Å². The third-order valence-electron chi connectivity index (χ3n) is 2.67. The summed E-state index contributed by atoms with van der Waals surface area (Å²) in [7, 11) is 3.45. The molecular weight excluding hydrogens is 214 g/mol. The molecule has 0 aliphatic rings. The van der Waals surface area contributed by atoms with Crippen molar-refractivity contribution in [3.63, 3.8) is 0 Å². The Morgan fingerprint density at radius 3 is 2.18 bits per heavy atom. The smallest absolute Gasteiger partial charge is 0.222 e. The van der Waals surface area contributed by atoms with Gasteiger partial charge in [-0.05, 0) is 13.3 Å². The molecule has 1 aromatic rings. The minimum Gasteiger partial charge on any atom is -0.349 e. The maximum Gasteiger partial charge on any atom is 0.222 e. The van der Waals surface area contributed by atoms with E-state index in [9.17, 15) is 9.59 Å². The molecule has 0 fully saturated rings. The van der Waals surface area contributed by atoms with Gasteiger partial charge in [-0.25, -0.2) is 0 Å².